The first-order valence-corrected chi connectivity index (χ1v) is 18.6. The van der Waals surface area contributed by atoms with Crippen LogP contribution in [0.2, 0.25) is 0 Å². The van der Waals surface area contributed by atoms with Gasteiger partial charge in [-0.25, -0.2) is 0 Å². The minimum absolute atomic E-state index is 1.13. The molecule has 9 aromatic carbocycles. The van der Waals surface area contributed by atoms with Crippen molar-refractivity contribution >= 4 is 70.1 Å². The fourth-order valence-electron chi connectivity index (χ4n) is 7.71. The van der Waals surface area contributed by atoms with E-state index in [1.54, 1.807) is 0 Å². The predicted molar refractivity (Wildman–Crippen MR) is 225 cm³/mol. The van der Waals surface area contributed by atoms with E-state index in [2.05, 4.69) is 205 Å². The van der Waals surface area contributed by atoms with E-state index in [0.717, 1.165) is 17.1 Å². The van der Waals surface area contributed by atoms with E-state index >= 15 is 0 Å². The predicted octanol–water partition coefficient (Wildman–Crippen LogP) is 14.8. The fourth-order valence-corrected chi connectivity index (χ4v) is 8.97. The minimum atomic E-state index is 1.13. The van der Waals surface area contributed by atoms with Gasteiger partial charge in [0.05, 0.1) is 5.69 Å². The molecule has 2 heteroatoms. The van der Waals surface area contributed by atoms with Crippen LogP contribution in [0.1, 0.15) is 0 Å². The molecule has 1 heterocycles. The Morgan fingerprint density at radius 2 is 0.904 bits per heavy atom. The molecule has 0 unspecified atom stereocenters. The second kappa shape index (κ2) is 12.7. The van der Waals surface area contributed by atoms with Crippen molar-refractivity contribution in [1.29, 1.82) is 0 Å². The molecule has 1 nitrogen and oxygen atoms in total. The van der Waals surface area contributed by atoms with Crippen LogP contribution < -0.4 is 4.90 Å². The van der Waals surface area contributed by atoms with E-state index in [1.165, 1.54) is 75.1 Å². The van der Waals surface area contributed by atoms with E-state index in [9.17, 15) is 0 Å². The van der Waals surface area contributed by atoms with Gasteiger partial charge in [0.25, 0.3) is 0 Å². The van der Waals surface area contributed by atoms with Crippen molar-refractivity contribution in [3.05, 3.63) is 200 Å². The number of anilines is 3. The van der Waals surface area contributed by atoms with Crippen LogP contribution in [0.4, 0.5) is 17.1 Å². The van der Waals surface area contributed by atoms with E-state index in [4.69, 9.17) is 0 Å². The monoisotopic (exact) mass is 679 g/mol. The summed E-state index contributed by atoms with van der Waals surface area (Å²) < 4.78 is 2.61. The maximum absolute atomic E-state index is 2.43. The number of nitrogens with zero attached hydrogens (tertiary/aromatic N) is 1. The third-order valence-corrected chi connectivity index (χ3v) is 11.4. The molecule has 0 spiro atoms. The van der Waals surface area contributed by atoms with Gasteiger partial charge in [0, 0.05) is 42.5 Å². The van der Waals surface area contributed by atoms with Gasteiger partial charge in [0.1, 0.15) is 0 Å². The van der Waals surface area contributed by atoms with Gasteiger partial charge >= 0.3 is 0 Å². The summed E-state index contributed by atoms with van der Waals surface area (Å²) in [5.41, 5.74) is 10.7. The van der Waals surface area contributed by atoms with Gasteiger partial charge in [0.2, 0.25) is 0 Å². The quantitative estimate of drug-likeness (QED) is 0.169. The standard InChI is InChI=1S/C50H33NS/c1-3-13-34(14-4-1)36-23-25-38(26-24-36)42-19-11-12-22-48(42)51(40-28-27-35-15-7-8-18-39(35)31-40)41-29-30-44-47-33-46(37-16-5-2-6-17-37)43-20-9-10-21-45(43)50(47)52-49(44)32-41/h1-33H. The number of thiophene rings is 1. The smallest absolute Gasteiger partial charge is 0.0540 e. The Labute approximate surface area is 307 Å². The minimum Gasteiger partial charge on any atom is -0.310 e. The topological polar surface area (TPSA) is 3.24 Å². The second-order valence-electron chi connectivity index (χ2n) is 13.3. The van der Waals surface area contributed by atoms with Gasteiger partial charge in [-0.2, -0.15) is 0 Å². The summed E-state index contributed by atoms with van der Waals surface area (Å²) in [6, 6.07) is 72.9. The van der Waals surface area contributed by atoms with Gasteiger partial charge in [0.15, 0.2) is 0 Å². The van der Waals surface area contributed by atoms with Crippen LogP contribution in [0.3, 0.4) is 0 Å². The fraction of sp³-hybridized carbons (Fsp3) is 0. The van der Waals surface area contributed by atoms with Crippen LogP contribution in [0.15, 0.2) is 200 Å². The highest BCUT2D eigenvalue weighted by Gasteiger charge is 2.20. The molecule has 10 aromatic rings. The Hall–Kier alpha value is -6.48. The molecule has 10 rings (SSSR count). The van der Waals surface area contributed by atoms with Crippen molar-refractivity contribution in [2.45, 2.75) is 0 Å². The zero-order valence-electron chi connectivity index (χ0n) is 28.4. The Morgan fingerprint density at radius 1 is 0.327 bits per heavy atom. The van der Waals surface area contributed by atoms with Crippen LogP contribution >= 0.6 is 11.3 Å². The van der Waals surface area contributed by atoms with Crippen LogP contribution in [-0.4, -0.2) is 0 Å². The highest BCUT2D eigenvalue weighted by Crippen LogP contribution is 2.47. The molecule has 0 saturated carbocycles. The summed E-state index contributed by atoms with van der Waals surface area (Å²) in [7, 11) is 0. The zero-order valence-corrected chi connectivity index (χ0v) is 29.2. The van der Waals surface area contributed by atoms with Crippen molar-refractivity contribution in [2.24, 2.45) is 0 Å². The molecule has 0 N–H and O–H groups in total. The Bertz CT molecular complexity index is 2890. The van der Waals surface area contributed by atoms with Gasteiger partial charge in [-0.05, 0) is 80.4 Å². The second-order valence-corrected chi connectivity index (χ2v) is 14.4. The first-order chi connectivity index (χ1) is 25.8. The lowest BCUT2D eigenvalue weighted by Crippen LogP contribution is -2.11. The maximum Gasteiger partial charge on any atom is 0.0540 e. The van der Waals surface area contributed by atoms with E-state index < -0.39 is 0 Å². The van der Waals surface area contributed by atoms with Crippen molar-refractivity contribution < 1.29 is 0 Å². The van der Waals surface area contributed by atoms with Crippen LogP contribution in [0.5, 0.6) is 0 Å². The van der Waals surface area contributed by atoms with Gasteiger partial charge < -0.3 is 4.90 Å². The molecule has 0 aliphatic heterocycles. The van der Waals surface area contributed by atoms with Gasteiger partial charge in [-0.3, -0.25) is 0 Å². The highest BCUT2D eigenvalue weighted by molar-refractivity contribution is 7.26. The Morgan fingerprint density at radius 3 is 1.71 bits per heavy atom. The number of hydrogen-bond donors (Lipinski definition) is 0. The van der Waals surface area contributed by atoms with Crippen LogP contribution in [0, 0.1) is 0 Å². The summed E-state index contributed by atoms with van der Waals surface area (Å²) in [5, 5.41) is 7.64. The lowest BCUT2D eigenvalue weighted by molar-refractivity contribution is 1.30. The molecule has 0 aliphatic rings. The Kier molecular flexibility index (Phi) is 7.41. The SMILES string of the molecule is c1ccc(-c2ccc(-c3ccccc3N(c3ccc4ccccc4c3)c3ccc4c(c3)sc3c5ccccc5c(-c5ccccc5)cc43)cc2)cc1. The third-order valence-electron chi connectivity index (χ3n) is 10.2. The largest absolute Gasteiger partial charge is 0.310 e. The molecular formula is C50H33NS. The first kappa shape index (κ1) is 30.4. The van der Waals surface area contributed by atoms with Crippen molar-refractivity contribution in [2.75, 3.05) is 4.90 Å². The van der Waals surface area contributed by atoms with E-state index in [1.807, 2.05) is 11.3 Å². The Balaban J connectivity index is 1.17. The molecular weight excluding hydrogens is 647 g/mol. The first-order valence-electron chi connectivity index (χ1n) is 17.8. The van der Waals surface area contributed by atoms with Crippen LogP contribution in [0.25, 0.3) is 75.1 Å². The summed E-state index contributed by atoms with van der Waals surface area (Å²) in [4.78, 5) is 2.43. The summed E-state index contributed by atoms with van der Waals surface area (Å²) in [6.07, 6.45) is 0. The normalized spacial score (nSPS) is 11.5. The van der Waals surface area contributed by atoms with Gasteiger partial charge in [-0.1, -0.05) is 164 Å². The summed E-state index contributed by atoms with van der Waals surface area (Å²) >= 11 is 1.89. The van der Waals surface area contributed by atoms with E-state index in [0.29, 0.717) is 0 Å². The molecule has 0 amide bonds. The summed E-state index contributed by atoms with van der Waals surface area (Å²) in [6.45, 7) is 0. The average molecular weight is 680 g/mol. The number of benzene rings is 9. The molecule has 52 heavy (non-hydrogen) atoms. The molecule has 0 atom stereocenters. The lowest BCUT2D eigenvalue weighted by atomic mass is 9.95. The summed E-state index contributed by atoms with van der Waals surface area (Å²) in [5.74, 6) is 0. The molecule has 0 radical (unpaired) electrons. The van der Waals surface area contributed by atoms with Crippen molar-refractivity contribution in [1.82, 2.24) is 0 Å². The maximum atomic E-state index is 2.43. The van der Waals surface area contributed by atoms with E-state index in [-0.39, 0.29) is 0 Å². The highest BCUT2D eigenvalue weighted by atomic mass is 32.1. The van der Waals surface area contributed by atoms with Crippen molar-refractivity contribution in [3.8, 4) is 33.4 Å². The lowest BCUT2D eigenvalue weighted by Gasteiger charge is -2.28. The van der Waals surface area contributed by atoms with Crippen molar-refractivity contribution in [3.63, 3.8) is 0 Å². The molecule has 1 aromatic heterocycles. The molecule has 0 aliphatic carbocycles. The molecule has 0 fully saturated rings. The molecule has 244 valence electrons. The zero-order chi connectivity index (χ0) is 34.4. The number of para-hydroxylation sites is 1. The number of rotatable bonds is 6. The van der Waals surface area contributed by atoms with Crippen LogP contribution in [-0.2, 0) is 0 Å². The molecule has 0 bridgehead atoms. The van der Waals surface area contributed by atoms with Gasteiger partial charge in [-0.15, -0.1) is 11.3 Å². The average Bonchev–Trinajstić information content (AvgIpc) is 3.60. The molecule has 0 saturated heterocycles. The number of fused-ring (bicyclic) bond motifs is 6. The number of hydrogen-bond acceptors (Lipinski definition) is 2. The third kappa shape index (κ3) is 5.24.